The number of aromatic nitrogens is 1. The molecule has 4 aromatic rings. The smallest absolute Gasteiger partial charge is 0.0594 e. The van der Waals surface area contributed by atoms with Crippen molar-refractivity contribution in [2.24, 2.45) is 4.99 Å². The minimum absolute atomic E-state index is 0.267. The molecular formula is C44H40N4S2. The van der Waals surface area contributed by atoms with Crippen molar-refractivity contribution in [3.8, 4) is 0 Å². The lowest BCUT2D eigenvalue weighted by Crippen LogP contribution is -2.35. The van der Waals surface area contributed by atoms with Gasteiger partial charge in [0.1, 0.15) is 0 Å². The molecule has 1 saturated heterocycles. The maximum atomic E-state index is 5.49. The van der Waals surface area contributed by atoms with E-state index in [2.05, 4.69) is 113 Å². The zero-order valence-electron chi connectivity index (χ0n) is 28.0. The van der Waals surface area contributed by atoms with E-state index in [0.717, 1.165) is 62.1 Å². The minimum Gasteiger partial charge on any atom is -0.385 e. The molecule has 0 spiro atoms. The summed E-state index contributed by atoms with van der Waals surface area (Å²) in [5, 5.41) is 13.7. The number of H-pyrrole nitrogens is 1. The normalized spacial score (nSPS) is 29.6. The standard InChI is InChI=1S/C44H40N4S2/c1-3-7-39-31(5-1)33-15-9-25(21-41(33)49-39)43-35-17-11-27(45-35)23-29-13-19-37(47-29)44(38-20-14-30(48-38)24-28-12-18-36(43)46-28)26-10-16-34-32-6-2-4-8-40(32)50-42(34)22-26/h1,3,5-6,8-11,15-18,21-24,28,37-39,44-46,48H,2,4,7,12-14,19-20H2/b27-23?,30-24-,43-35-. The second kappa shape index (κ2) is 11.6. The molecule has 4 nitrogen and oxygen atoms in total. The average molecular weight is 689 g/mol. The molecule has 11 rings (SSSR count). The Balaban J connectivity index is 1.02. The largest absolute Gasteiger partial charge is 0.385 e. The van der Waals surface area contributed by atoms with Gasteiger partial charge in [0.25, 0.3) is 0 Å². The van der Waals surface area contributed by atoms with Crippen LogP contribution in [0.5, 0.6) is 0 Å². The van der Waals surface area contributed by atoms with Crippen molar-refractivity contribution in [2.45, 2.75) is 85.6 Å². The Kier molecular flexibility index (Phi) is 6.86. The maximum Gasteiger partial charge on any atom is 0.0594 e. The average Bonchev–Trinajstić information content (AvgIpc) is 3.99. The number of thioether (sulfide) groups is 1. The summed E-state index contributed by atoms with van der Waals surface area (Å²) in [5.41, 5.74) is 10.7. The van der Waals surface area contributed by atoms with Crippen LogP contribution in [0.25, 0.3) is 39.5 Å². The zero-order valence-corrected chi connectivity index (χ0v) is 29.7. The number of thiophene rings is 1. The van der Waals surface area contributed by atoms with E-state index >= 15 is 0 Å². The number of hydrogen-bond donors (Lipinski definition) is 3. The Morgan fingerprint density at radius 3 is 2.86 bits per heavy atom. The molecule has 50 heavy (non-hydrogen) atoms. The quantitative estimate of drug-likeness (QED) is 0.221. The van der Waals surface area contributed by atoms with Gasteiger partial charge in [-0.05, 0) is 121 Å². The van der Waals surface area contributed by atoms with E-state index in [1.165, 1.54) is 69.7 Å². The molecule has 2 aromatic heterocycles. The lowest BCUT2D eigenvalue weighted by molar-refractivity contribution is 0.422. The fourth-order valence-corrected chi connectivity index (χ4v) is 12.1. The molecule has 0 radical (unpaired) electrons. The number of aliphatic imine (C=N–C) groups is 1. The van der Waals surface area contributed by atoms with Crippen LogP contribution in [0, 0.1) is 0 Å². The third-order valence-corrected chi connectivity index (χ3v) is 14.3. The van der Waals surface area contributed by atoms with Crippen molar-refractivity contribution in [1.82, 2.24) is 15.6 Å². The van der Waals surface area contributed by atoms with E-state index in [1.807, 2.05) is 23.1 Å². The topological polar surface area (TPSA) is 52.2 Å². The molecule has 2 aliphatic carbocycles. The number of fused-ring (bicyclic) bond motifs is 13. The first-order valence-corrected chi connectivity index (χ1v) is 20.2. The highest BCUT2D eigenvalue weighted by atomic mass is 32.2. The van der Waals surface area contributed by atoms with Gasteiger partial charge in [-0.1, -0.05) is 60.7 Å². The van der Waals surface area contributed by atoms with Gasteiger partial charge < -0.3 is 15.6 Å². The van der Waals surface area contributed by atoms with Gasteiger partial charge in [-0.3, -0.25) is 4.99 Å². The van der Waals surface area contributed by atoms with Crippen LogP contribution in [-0.4, -0.2) is 34.1 Å². The first-order chi connectivity index (χ1) is 24.7. The van der Waals surface area contributed by atoms with Crippen molar-refractivity contribution in [1.29, 1.82) is 0 Å². The molecule has 5 unspecified atom stereocenters. The highest BCUT2D eigenvalue weighted by Crippen LogP contribution is 2.48. The summed E-state index contributed by atoms with van der Waals surface area (Å²) in [4.78, 5) is 10.7. The SMILES string of the molecule is C1=CCC2Sc3cc(/C4=c5\ccc([nH]5)=CC5=NC(CC5)C(c5ccc6c7c(sc6c5)=CCCC=7)C5CC/C(=C/C6CC=C4N6)N5)ccc3C2=C1. The van der Waals surface area contributed by atoms with Gasteiger partial charge in [0.2, 0.25) is 0 Å². The molecule has 8 bridgehead atoms. The number of benzene rings is 2. The summed E-state index contributed by atoms with van der Waals surface area (Å²) in [5.74, 6) is 0.341. The number of hydrogen-bond acceptors (Lipinski definition) is 5. The Morgan fingerprint density at radius 2 is 1.86 bits per heavy atom. The van der Waals surface area contributed by atoms with Crippen LogP contribution >= 0.6 is 23.1 Å². The van der Waals surface area contributed by atoms with Gasteiger partial charge in [0.15, 0.2) is 0 Å². The molecular weight excluding hydrogens is 649 g/mol. The summed E-state index contributed by atoms with van der Waals surface area (Å²) in [6.07, 6.45) is 27.7. The fraction of sp³-hybridized carbons (Fsp3) is 0.295. The number of aromatic amines is 1. The maximum absolute atomic E-state index is 5.49. The van der Waals surface area contributed by atoms with Crippen LogP contribution in [0.2, 0.25) is 0 Å². The third-order valence-electron chi connectivity index (χ3n) is 11.8. The van der Waals surface area contributed by atoms with Crippen molar-refractivity contribution < 1.29 is 0 Å². The number of nitrogens with zero attached hydrogens (tertiary/aromatic N) is 1. The van der Waals surface area contributed by atoms with Gasteiger partial charge in [0, 0.05) is 70.8 Å². The molecule has 0 amide bonds. The predicted octanol–water partition coefficient (Wildman–Crippen LogP) is 6.66. The molecule has 5 atom stereocenters. The molecule has 3 N–H and O–H groups in total. The Bertz CT molecular complexity index is 2520. The summed E-state index contributed by atoms with van der Waals surface area (Å²) in [6.45, 7) is 0. The van der Waals surface area contributed by atoms with Gasteiger partial charge >= 0.3 is 0 Å². The summed E-state index contributed by atoms with van der Waals surface area (Å²) in [6, 6.07) is 19.9. The molecule has 1 fully saturated rings. The van der Waals surface area contributed by atoms with Crippen molar-refractivity contribution in [3.05, 3.63) is 127 Å². The van der Waals surface area contributed by atoms with Crippen molar-refractivity contribution >= 4 is 68.3 Å². The lowest BCUT2D eigenvalue weighted by Gasteiger charge is -2.29. The van der Waals surface area contributed by atoms with Gasteiger partial charge in [-0.2, -0.15) is 0 Å². The molecule has 7 aliphatic rings. The second-order valence-electron chi connectivity index (χ2n) is 14.9. The van der Waals surface area contributed by atoms with E-state index in [0.29, 0.717) is 17.2 Å². The third kappa shape index (κ3) is 4.90. The lowest BCUT2D eigenvalue weighted by atomic mass is 9.83. The monoisotopic (exact) mass is 688 g/mol. The van der Waals surface area contributed by atoms with E-state index < -0.39 is 0 Å². The van der Waals surface area contributed by atoms with Crippen LogP contribution in [0.4, 0.5) is 0 Å². The van der Waals surface area contributed by atoms with Crippen molar-refractivity contribution in [3.63, 3.8) is 0 Å². The van der Waals surface area contributed by atoms with E-state index in [9.17, 15) is 0 Å². The predicted molar refractivity (Wildman–Crippen MR) is 211 cm³/mol. The number of nitrogens with one attached hydrogen (secondary N) is 3. The van der Waals surface area contributed by atoms with Crippen LogP contribution in [0.1, 0.15) is 74.0 Å². The minimum atomic E-state index is 0.267. The van der Waals surface area contributed by atoms with Crippen LogP contribution in [0.3, 0.4) is 0 Å². The van der Waals surface area contributed by atoms with Crippen LogP contribution in [0.15, 0.2) is 100 Å². The first-order valence-electron chi connectivity index (χ1n) is 18.5. The fourth-order valence-electron chi connectivity index (χ4n) is 9.50. The first kappa shape index (κ1) is 29.5. The summed E-state index contributed by atoms with van der Waals surface area (Å²) in [7, 11) is 0. The molecule has 7 heterocycles. The number of allylic oxidation sites excluding steroid dienone is 5. The van der Waals surface area contributed by atoms with E-state index in [4.69, 9.17) is 4.99 Å². The Morgan fingerprint density at radius 1 is 0.880 bits per heavy atom. The van der Waals surface area contributed by atoms with Gasteiger partial charge in [-0.25, -0.2) is 0 Å². The van der Waals surface area contributed by atoms with Gasteiger partial charge in [0.05, 0.1) is 6.04 Å². The van der Waals surface area contributed by atoms with Gasteiger partial charge in [-0.15, -0.1) is 23.1 Å². The highest BCUT2D eigenvalue weighted by molar-refractivity contribution is 8.00. The summed E-state index contributed by atoms with van der Waals surface area (Å²) >= 11 is 3.99. The second-order valence-corrected chi connectivity index (χ2v) is 17.2. The molecule has 5 aliphatic heterocycles. The van der Waals surface area contributed by atoms with Crippen LogP contribution < -0.4 is 31.1 Å². The van der Waals surface area contributed by atoms with E-state index in [1.54, 1.807) is 0 Å². The molecule has 248 valence electrons. The summed E-state index contributed by atoms with van der Waals surface area (Å²) < 4.78 is 2.87. The van der Waals surface area contributed by atoms with Crippen molar-refractivity contribution in [2.75, 3.05) is 0 Å². The molecule has 6 heteroatoms. The molecule has 2 aromatic carbocycles. The Hall–Kier alpha value is -4.26. The van der Waals surface area contributed by atoms with Crippen LogP contribution in [-0.2, 0) is 0 Å². The van der Waals surface area contributed by atoms with E-state index in [-0.39, 0.29) is 12.1 Å². The number of rotatable bonds is 2. The zero-order chi connectivity index (χ0) is 32.8. The Labute approximate surface area is 300 Å². The molecule has 0 saturated carbocycles. The highest BCUT2D eigenvalue weighted by Gasteiger charge is 2.37.